The average molecular weight is 259 g/mol. The van der Waals surface area contributed by atoms with Crippen molar-refractivity contribution in [2.24, 2.45) is 5.41 Å². The fraction of sp³-hybridized carbons (Fsp3) is 0.357. The van der Waals surface area contributed by atoms with E-state index in [1.54, 1.807) is 35.3 Å². The summed E-state index contributed by atoms with van der Waals surface area (Å²) in [4.78, 5) is 12.4. The van der Waals surface area contributed by atoms with Gasteiger partial charge in [0.2, 0.25) is 0 Å². The Morgan fingerprint density at radius 3 is 2.42 bits per heavy atom. The van der Waals surface area contributed by atoms with Crippen LogP contribution in [-0.2, 0) is 6.54 Å². The molecule has 1 aromatic carbocycles. The summed E-state index contributed by atoms with van der Waals surface area (Å²) >= 11 is 0. The maximum absolute atomic E-state index is 10.8. The number of nitrogens with zero attached hydrogens (tertiary/aromatic N) is 3. The Labute approximate surface area is 111 Å². The van der Waals surface area contributed by atoms with E-state index in [9.17, 15) is 4.79 Å². The van der Waals surface area contributed by atoms with Gasteiger partial charge in [-0.05, 0) is 17.5 Å². The summed E-state index contributed by atoms with van der Waals surface area (Å²) in [5.41, 5.74) is 2.00. The molecule has 100 valence electrons. The molecular formula is C14H17N3O2. The fourth-order valence-corrected chi connectivity index (χ4v) is 1.71. The van der Waals surface area contributed by atoms with Gasteiger partial charge in [0.05, 0.1) is 18.3 Å². The van der Waals surface area contributed by atoms with Crippen molar-refractivity contribution in [2.75, 3.05) is 0 Å². The zero-order valence-electron chi connectivity index (χ0n) is 11.3. The van der Waals surface area contributed by atoms with E-state index in [1.807, 2.05) is 0 Å². The number of benzene rings is 1. The number of carbonyl (C=O) groups is 1. The molecule has 0 amide bonds. The third-order valence-electron chi connectivity index (χ3n) is 2.58. The van der Waals surface area contributed by atoms with Crippen molar-refractivity contribution in [3.63, 3.8) is 0 Å². The third-order valence-corrected chi connectivity index (χ3v) is 2.58. The minimum absolute atomic E-state index is 0.115. The highest BCUT2D eigenvalue weighted by Crippen LogP contribution is 2.19. The van der Waals surface area contributed by atoms with E-state index in [0.717, 1.165) is 17.8 Å². The maximum atomic E-state index is 10.8. The van der Waals surface area contributed by atoms with Gasteiger partial charge in [0.1, 0.15) is 5.69 Å². The molecule has 1 heterocycles. The highest BCUT2D eigenvalue weighted by atomic mass is 16.4. The quantitative estimate of drug-likeness (QED) is 0.920. The highest BCUT2D eigenvalue weighted by Gasteiger charge is 2.13. The second-order valence-electron chi connectivity index (χ2n) is 5.70. The first-order valence-electron chi connectivity index (χ1n) is 6.09. The lowest BCUT2D eigenvalue weighted by molar-refractivity contribution is 0.0697. The van der Waals surface area contributed by atoms with Gasteiger partial charge in [-0.2, -0.15) is 15.0 Å². The molecule has 0 aliphatic rings. The predicted molar refractivity (Wildman–Crippen MR) is 71.9 cm³/mol. The van der Waals surface area contributed by atoms with Crippen LogP contribution in [-0.4, -0.2) is 26.1 Å². The lowest BCUT2D eigenvalue weighted by atomic mass is 9.97. The molecule has 1 aromatic heterocycles. The maximum Gasteiger partial charge on any atom is 0.335 e. The molecule has 0 saturated carbocycles. The third kappa shape index (κ3) is 3.40. The van der Waals surface area contributed by atoms with E-state index in [2.05, 4.69) is 31.0 Å². The van der Waals surface area contributed by atoms with Crippen LogP contribution in [0.2, 0.25) is 0 Å². The molecule has 0 fully saturated rings. The Morgan fingerprint density at radius 2 is 1.89 bits per heavy atom. The summed E-state index contributed by atoms with van der Waals surface area (Å²) in [6, 6.07) is 6.63. The van der Waals surface area contributed by atoms with Crippen LogP contribution >= 0.6 is 0 Å². The van der Waals surface area contributed by atoms with E-state index < -0.39 is 5.97 Å². The van der Waals surface area contributed by atoms with Gasteiger partial charge in [-0.15, -0.1) is 0 Å². The number of rotatable bonds is 3. The first-order chi connectivity index (χ1) is 8.85. The minimum Gasteiger partial charge on any atom is -0.478 e. The van der Waals surface area contributed by atoms with Gasteiger partial charge in [0.15, 0.2) is 0 Å². The molecule has 19 heavy (non-hydrogen) atoms. The molecule has 0 spiro atoms. The first kappa shape index (κ1) is 13.3. The topological polar surface area (TPSA) is 68.0 Å². The highest BCUT2D eigenvalue weighted by molar-refractivity contribution is 5.88. The molecule has 2 rings (SSSR count). The van der Waals surface area contributed by atoms with Crippen molar-refractivity contribution in [3.05, 3.63) is 36.0 Å². The predicted octanol–water partition coefficient (Wildman–Crippen LogP) is 2.69. The van der Waals surface area contributed by atoms with Crippen molar-refractivity contribution in [1.82, 2.24) is 15.0 Å². The van der Waals surface area contributed by atoms with Crippen molar-refractivity contribution >= 4 is 5.97 Å². The van der Waals surface area contributed by atoms with Crippen molar-refractivity contribution in [1.29, 1.82) is 0 Å². The number of hydrogen-bond acceptors (Lipinski definition) is 3. The zero-order chi connectivity index (χ0) is 14.0. The largest absolute Gasteiger partial charge is 0.478 e. The van der Waals surface area contributed by atoms with Crippen LogP contribution in [0.1, 0.15) is 31.1 Å². The van der Waals surface area contributed by atoms with Gasteiger partial charge in [-0.1, -0.05) is 32.9 Å². The summed E-state index contributed by atoms with van der Waals surface area (Å²) in [7, 11) is 0. The SMILES string of the molecule is CC(C)(C)Cn1ncc(-c2ccc(C(=O)O)cc2)n1. The van der Waals surface area contributed by atoms with Crippen molar-refractivity contribution in [2.45, 2.75) is 27.3 Å². The Hall–Kier alpha value is -2.17. The zero-order valence-corrected chi connectivity index (χ0v) is 11.3. The van der Waals surface area contributed by atoms with Gasteiger partial charge in [-0.25, -0.2) is 4.79 Å². The lowest BCUT2D eigenvalue weighted by Gasteiger charge is -2.16. The van der Waals surface area contributed by atoms with Gasteiger partial charge < -0.3 is 5.11 Å². The van der Waals surface area contributed by atoms with Crippen LogP contribution in [0.3, 0.4) is 0 Å². The number of carboxylic acid groups (broad SMARTS) is 1. The smallest absolute Gasteiger partial charge is 0.335 e. The Balaban J connectivity index is 2.20. The van der Waals surface area contributed by atoms with Gasteiger partial charge in [0.25, 0.3) is 0 Å². The summed E-state index contributed by atoms with van der Waals surface area (Å²) in [6.07, 6.45) is 1.70. The number of carboxylic acids is 1. The summed E-state index contributed by atoms with van der Waals surface area (Å²) < 4.78 is 0. The van der Waals surface area contributed by atoms with Gasteiger partial charge in [-0.3, -0.25) is 0 Å². The normalized spacial score (nSPS) is 11.5. The van der Waals surface area contributed by atoms with Crippen LogP contribution < -0.4 is 0 Å². The fourth-order valence-electron chi connectivity index (χ4n) is 1.71. The summed E-state index contributed by atoms with van der Waals surface area (Å²) in [5.74, 6) is -0.928. The van der Waals surface area contributed by atoms with Gasteiger partial charge >= 0.3 is 5.97 Å². The standard InChI is InChI=1S/C14H17N3O2/c1-14(2,3)9-17-15-8-12(16-17)10-4-6-11(7-5-10)13(18)19/h4-8H,9H2,1-3H3,(H,18,19). The van der Waals surface area contributed by atoms with E-state index in [-0.39, 0.29) is 11.0 Å². The molecule has 5 heteroatoms. The van der Waals surface area contributed by atoms with Crippen molar-refractivity contribution in [3.8, 4) is 11.3 Å². The van der Waals surface area contributed by atoms with Crippen LogP contribution in [0.4, 0.5) is 0 Å². The minimum atomic E-state index is -0.928. The molecule has 2 aromatic rings. The Bertz CT molecular complexity index is 579. The first-order valence-corrected chi connectivity index (χ1v) is 6.09. The van der Waals surface area contributed by atoms with Crippen LogP contribution in [0.5, 0.6) is 0 Å². The van der Waals surface area contributed by atoms with Crippen molar-refractivity contribution < 1.29 is 9.90 Å². The average Bonchev–Trinajstić information content (AvgIpc) is 2.75. The molecule has 0 radical (unpaired) electrons. The second kappa shape index (κ2) is 4.84. The molecule has 0 atom stereocenters. The Morgan fingerprint density at radius 1 is 1.26 bits per heavy atom. The lowest BCUT2D eigenvalue weighted by Crippen LogP contribution is -2.17. The number of hydrogen-bond donors (Lipinski definition) is 1. The molecule has 0 bridgehead atoms. The van der Waals surface area contributed by atoms with E-state index >= 15 is 0 Å². The molecular weight excluding hydrogens is 242 g/mol. The van der Waals surface area contributed by atoms with Gasteiger partial charge in [0, 0.05) is 5.56 Å². The van der Waals surface area contributed by atoms with E-state index in [0.29, 0.717) is 0 Å². The van der Waals surface area contributed by atoms with Crippen LogP contribution in [0.25, 0.3) is 11.3 Å². The molecule has 0 aliphatic heterocycles. The molecule has 0 aliphatic carbocycles. The Kier molecular flexibility index (Phi) is 3.38. The van der Waals surface area contributed by atoms with Crippen LogP contribution in [0.15, 0.2) is 30.5 Å². The van der Waals surface area contributed by atoms with E-state index in [1.165, 1.54) is 0 Å². The molecule has 5 nitrogen and oxygen atoms in total. The molecule has 0 saturated heterocycles. The van der Waals surface area contributed by atoms with Crippen LogP contribution in [0, 0.1) is 5.41 Å². The monoisotopic (exact) mass is 259 g/mol. The second-order valence-corrected chi connectivity index (χ2v) is 5.70. The molecule has 1 N–H and O–H groups in total. The molecule has 0 unspecified atom stereocenters. The number of aromatic nitrogens is 3. The summed E-state index contributed by atoms with van der Waals surface area (Å²) in [5, 5.41) is 17.5. The number of aromatic carboxylic acids is 1. The van der Waals surface area contributed by atoms with E-state index in [4.69, 9.17) is 5.11 Å². The summed E-state index contributed by atoms with van der Waals surface area (Å²) in [6.45, 7) is 7.10.